The Labute approximate surface area is 159 Å². The quantitative estimate of drug-likeness (QED) is 0.687. The highest BCUT2D eigenvalue weighted by Crippen LogP contribution is 2.32. The number of nitrogens with one attached hydrogen (secondary N) is 1. The molecule has 8 heteroatoms. The third-order valence-electron chi connectivity index (χ3n) is 5.16. The molecule has 1 saturated heterocycles. The Bertz CT molecular complexity index is 1120. The molecule has 0 bridgehead atoms. The van der Waals surface area contributed by atoms with Crippen molar-refractivity contribution in [2.75, 3.05) is 6.54 Å². The highest BCUT2D eigenvalue weighted by Gasteiger charge is 2.51. The minimum Gasteiger partial charge on any atom is -0.408 e. The molecule has 4 rings (SSSR count). The van der Waals surface area contributed by atoms with Gasteiger partial charge in [0.2, 0.25) is 0 Å². The van der Waals surface area contributed by atoms with Gasteiger partial charge in [-0.3, -0.25) is 14.3 Å². The fraction of sp³-hybridized carbons (Fsp3) is 0.250. The van der Waals surface area contributed by atoms with Gasteiger partial charge in [0, 0.05) is 13.1 Å². The second-order valence-electron chi connectivity index (χ2n) is 6.64. The van der Waals surface area contributed by atoms with Crippen LogP contribution >= 0.6 is 0 Å². The first-order valence-corrected chi connectivity index (χ1v) is 8.95. The molecule has 1 aliphatic rings. The molecule has 0 spiro atoms. The first-order valence-electron chi connectivity index (χ1n) is 8.95. The number of aromatic nitrogens is 1. The van der Waals surface area contributed by atoms with Gasteiger partial charge < -0.3 is 9.73 Å². The normalized spacial score (nSPS) is 19.4. The first kappa shape index (κ1) is 18.0. The highest BCUT2D eigenvalue weighted by atomic mass is 19.1. The molecule has 0 saturated carbocycles. The SMILES string of the molecule is CCC1(c2ccc(F)cc2)NC(=O)N(CCn2c(=O)oc3ccccc32)C1=O. The minimum atomic E-state index is -1.24. The van der Waals surface area contributed by atoms with Gasteiger partial charge in [0.05, 0.1) is 5.52 Å². The summed E-state index contributed by atoms with van der Waals surface area (Å²) in [4.78, 5) is 38.8. The van der Waals surface area contributed by atoms with Crippen LogP contribution in [0.4, 0.5) is 9.18 Å². The van der Waals surface area contributed by atoms with Gasteiger partial charge in [0.1, 0.15) is 11.4 Å². The van der Waals surface area contributed by atoms with Gasteiger partial charge >= 0.3 is 11.8 Å². The number of carbonyl (C=O) groups excluding carboxylic acids is 2. The number of amides is 3. The van der Waals surface area contributed by atoms with Gasteiger partial charge in [-0.05, 0) is 36.2 Å². The number of hydrogen-bond acceptors (Lipinski definition) is 4. The van der Waals surface area contributed by atoms with Crippen LogP contribution in [-0.2, 0) is 16.9 Å². The average Bonchev–Trinajstić information content (AvgIpc) is 3.14. The van der Waals surface area contributed by atoms with Crippen LogP contribution in [0, 0.1) is 5.82 Å². The molecule has 0 radical (unpaired) electrons. The van der Waals surface area contributed by atoms with Gasteiger partial charge in [0.25, 0.3) is 5.91 Å². The molecule has 28 heavy (non-hydrogen) atoms. The zero-order chi connectivity index (χ0) is 19.9. The number of imide groups is 1. The summed E-state index contributed by atoms with van der Waals surface area (Å²) in [5.74, 6) is -1.39. The number of para-hydroxylation sites is 2. The monoisotopic (exact) mass is 383 g/mol. The van der Waals surface area contributed by atoms with E-state index in [0.717, 1.165) is 4.90 Å². The third-order valence-corrected chi connectivity index (χ3v) is 5.16. The van der Waals surface area contributed by atoms with Crippen LogP contribution in [0.2, 0.25) is 0 Å². The van der Waals surface area contributed by atoms with Crippen molar-refractivity contribution in [1.29, 1.82) is 0 Å². The van der Waals surface area contributed by atoms with Crippen LogP contribution in [0.5, 0.6) is 0 Å². The van der Waals surface area contributed by atoms with E-state index in [1.54, 1.807) is 31.2 Å². The van der Waals surface area contributed by atoms with Crippen LogP contribution in [-0.4, -0.2) is 28.0 Å². The molecule has 1 unspecified atom stereocenters. The summed E-state index contributed by atoms with van der Waals surface area (Å²) in [5, 5.41) is 2.74. The third kappa shape index (κ3) is 2.69. The lowest BCUT2D eigenvalue weighted by Gasteiger charge is -2.25. The molecule has 1 N–H and O–H groups in total. The van der Waals surface area contributed by atoms with Crippen LogP contribution < -0.4 is 11.1 Å². The second-order valence-corrected chi connectivity index (χ2v) is 6.64. The maximum Gasteiger partial charge on any atom is 0.420 e. The summed E-state index contributed by atoms with van der Waals surface area (Å²) in [6.07, 6.45) is 0.314. The molecule has 1 aromatic heterocycles. The number of benzene rings is 2. The van der Waals surface area contributed by atoms with Crippen LogP contribution in [0.25, 0.3) is 11.1 Å². The van der Waals surface area contributed by atoms with Crippen LogP contribution in [0.3, 0.4) is 0 Å². The van der Waals surface area contributed by atoms with Gasteiger partial charge in [-0.15, -0.1) is 0 Å². The largest absolute Gasteiger partial charge is 0.420 e. The molecule has 144 valence electrons. The van der Waals surface area contributed by atoms with E-state index < -0.39 is 29.1 Å². The van der Waals surface area contributed by atoms with E-state index in [4.69, 9.17) is 4.42 Å². The number of rotatable bonds is 5. The second kappa shape index (κ2) is 6.63. The predicted octanol–water partition coefficient (Wildman–Crippen LogP) is 2.59. The number of oxazole rings is 1. The Kier molecular flexibility index (Phi) is 4.26. The molecule has 3 aromatic rings. The summed E-state index contributed by atoms with van der Waals surface area (Å²) in [6, 6.07) is 11.9. The highest BCUT2D eigenvalue weighted by molar-refractivity contribution is 6.07. The Balaban J connectivity index is 1.61. The van der Waals surface area contributed by atoms with Gasteiger partial charge in [-0.1, -0.05) is 31.2 Å². The summed E-state index contributed by atoms with van der Waals surface area (Å²) in [7, 11) is 0. The zero-order valence-electron chi connectivity index (χ0n) is 15.1. The maximum atomic E-state index is 13.3. The molecule has 1 fully saturated rings. The van der Waals surface area contributed by atoms with E-state index in [1.807, 2.05) is 0 Å². The van der Waals surface area contributed by atoms with Crippen LogP contribution in [0.1, 0.15) is 18.9 Å². The molecule has 2 heterocycles. The van der Waals surface area contributed by atoms with Crippen molar-refractivity contribution in [3.63, 3.8) is 0 Å². The van der Waals surface area contributed by atoms with Crippen molar-refractivity contribution < 1.29 is 18.4 Å². The molecule has 7 nitrogen and oxygen atoms in total. The standard InChI is InChI=1S/C20H18FN3O4/c1-2-20(13-7-9-14(21)10-8-13)17(25)24(18(26)22-20)12-11-23-15-5-3-4-6-16(15)28-19(23)27/h3-10H,2,11-12H2,1H3,(H,22,26). The summed E-state index contributed by atoms with van der Waals surface area (Å²) in [6.45, 7) is 1.90. The van der Waals surface area contributed by atoms with E-state index in [2.05, 4.69) is 5.32 Å². The number of urea groups is 1. The topological polar surface area (TPSA) is 84.6 Å². The molecular formula is C20H18FN3O4. The van der Waals surface area contributed by atoms with Crippen molar-refractivity contribution in [2.45, 2.75) is 25.4 Å². The fourth-order valence-electron chi connectivity index (χ4n) is 3.63. The minimum absolute atomic E-state index is 0.0110. The first-order chi connectivity index (χ1) is 13.5. The summed E-state index contributed by atoms with van der Waals surface area (Å²) in [5.41, 5.74) is 0.315. The smallest absolute Gasteiger partial charge is 0.408 e. The number of carbonyl (C=O) groups is 2. The lowest BCUT2D eigenvalue weighted by atomic mass is 9.87. The zero-order valence-corrected chi connectivity index (χ0v) is 15.1. The Morgan fingerprint density at radius 1 is 1.04 bits per heavy atom. The number of fused-ring (bicyclic) bond motifs is 1. The van der Waals surface area contributed by atoms with Gasteiger partial charge in [-0.25, -0.2) is 14.0 Å². The summed E-state index contributed by atoms with van der Waals surface area (Å²) >= 11 is 0. The average molecular weight is 383 g/mol. The molecule has 3 amide bonds. The van der Waals surface area contributed by atoms with Crippen LogP contribution in [0.15, 0.2) is 57.7 Å². The molecule has 1 atom stereocenters. The van der Waals surface area contributed by atoms with Gasteiger partial charge in [0.15, 0.2) is 5.58 Å². The number of nitrogens with zero attached hydrogens (tertiary/aromatic N) is 2. The van der Waals surface area contributed by atoms with Crippen molar-refractivity contribution in [3.8, 4) is 0 Å². The van der Waals surface area contributed by atoms with Crippen molar-refractivity contribution in [2.24, 2.45) is 0 Å². The van der Waals surface area contributed by atoms with E-state index >= 15 is 0 Å². The van der Waals surface area contributed by atoms with E-state index in [0.29, 0.717) is 23.1 Å². The molecule has 1 aliphatic heterocycles. The molecule has 2 aromatic carbocycles. The van der Waals surface area contributed by atoms with Crippen molar-refractivity contribution in [1.82, 2.24) is 14.8 Å². The maximum absolute atomic E-state index is 13.3. The Hall–Kier alpha value is -3.42. The van der Waals surface area contributed by atoms with Crippen molar-refractivity contribution >= 4 is 23.0 Å². The van der Waals surface area contributed by atoms with Crippen molar-refractivity contribution in [3.05, 3.63) is 70.5 Å². The number of halogens is 1. The number of hydrogen-bond donors (Lipinski definition) is 1. The molecule has 0 aliphatic carbocycles. The van der Waals surface area contributed by atoms with E-state index in [1.165, 1.54) is 28.8 Å². The Morgan fingerprint density at radius 2 is 1.75 bits per heavy atom. The lowest BCUT2D eigenvalue weighted by molar-refractivity contribution is -0.131. The van der Waals surface area contributed by atoms with E-state index in [-0.39, 0.29) is 13.1 Å². The van der Waals surface area contributed by atoms with E-state index in [9.17, 15) is 18.8 Å². The fourth-order valence-corrected chi connectivity index (χ4v) is 3.63. The van der Waals surface area contributed by atoms with Gasteiger partial charge in [-0.2, -0.15) is 0 Å². The Morgan fingerprint density at radius 3 is 2.46 bits per heavy atom. The lowest BCUT2D eigenvalue weighted by Crippen LogP contribution is -2.43. The molecular weight excluding hydrogens is 365 g/mol. The summed E-state index contributed by atoms with van der Waals surface area (Å²) < 4.78 is 19.8. The predicted molar refractivity (Wildman–Crippen MR) is 99.1 cm³/mol.